The molecule has 0 atom stereocenters. The lowest BCUT2D eigenvalue weighted by Gasteiger charge is -2.06. The van der Waals surface area contributed by atoms with Crippen molar-refractivity contribution in [3.05, 3.63) is 59.3 Å². The molecule has 4 nitrogen and oxygen atoms in total. The van der Waals surface area contributed by atoms with Crippen LogP contribution < -0.4 is 4.74 Å². The predicted molar refractivity (Wildman–Crippen MR) is 75.3 cm³/mol. The number of nitrogens with zero attached hydrogens (tertiary/aromatic N) is 2. The van der Waals surface area contributed by atoms with Crippen LogP contribution in [0.15, 0.2) is 59.3 Å². The van der Waals surface area contributed by atoms with Crippen LogP contribution in [0.2, 0.25) is 0 Å². The molecule has 94 valence electrons. The summed E-state index contributed by atoms with van der Waals surface area (Å²) >= 11 is 3.34. The third kappa shape index (κ3) is 2.24. The molecule has 0 spiro atoms. The summed E-state index contributed by atoms with van der Waals surface area (Å²) in [6, 6.07) is 14.6. The highest BCUT2D eigenvalue weighted by Gasteiger charge is 2.12. The lowest BCUT2D eigenvalue weighted by Crippen LogP contribution is -2.15. The lowest BCUT2D eigenvalue weighted by molar-refractivity contribution is 0.203. The molecular weight excluding hydrogens is 308 g/mol. The third-order valence-corrected chi connectivity index (χ3v) is 3.34. The Bertz CT molecular complexity index is 752. The standard InChI is InChI=1S/C14H9BrN2O2/c15-10-5-1-4-8-13(10)19-14(18)17-9-16-11-6-2-3-7-12(11)17/h1-9H. The number of halogens is 1. The van der Waals surface area contributed by atoms with Crippen molar-refractivity contribution in [1.82, 2.24) is 9.55 Å². The van der Waals surface area contributed by atoms with Gasteiger partial charge in [-0.15, -0.1) is 0 Å². The second-order valence-corrected chi connectivity index (χ2v) is 4.76. The smallest absolute Gasteiger partial charge is 0.408 e. The molecule has 0 fully saturated rings. The maximum Gasteiger partial charge on any atom is 0.425 e. The van der Waals surface area contributed by atoms with E-state index in [2.05, 4.69) is 20.9 Å². The number of fused-ring (bicyclic) bond motifs is 1. The van der Waals surface area contributed by atoms with Gasteiger partial charge >= 0.3 is 6.09 Å². The number of carbonyl (C=O) groups excluding carboxylic acids is 1. The quantitative estimate of drug-likeness (QED) is 0.685. The Labute approximate surface area is 117 Å². The van der Waals surface area contributed by atoms with E-state index in [0.29, 0.717) is 5.75 Å². The zero-order valence-electron chi connectivity index (χ0n) is 9.79. The van der Waals surface area contributed by atoms with Gasteiger partial charge in [-0.05, 0) is 40.2 Å². The second-order valence-electron chi connectivity index (χ2n) is 3.90. The first kappa shape index (κ1) is 11.9. The number of imidazole rings is 1. The number of hydrogen-bond donors (Lipinski definition) is 0. The van der Waals surface area contributed by atoms with Crippen molar-refractivity contribution in [2.45, 2.75) is 0 Å². The minimum Gasteiger partial charge on any atom is -0.408 e. The lowest BCUT2D eigenvalue weighted by atomic mass is 10.3. The van der Waals surface area contributed by atoms with Crippen LogP contribution in [0.5, 0.6) is 5.75 Å². The Kier molecular flexibility index (Phi) is 3.05. The van der Waals surface area contributed by atoms with E-state index in [0.717, 1.165) is 15.5 Å². The molecule has 1 aromatic heterocycles. The number of rotatable bonds is 1. The van der Waals surface area contributed by atoms with Gasteiger partial charge in [0.05, 0.1) is 15.5 Å². The van der Waals surface area contributed by atoms with Gasteiger partial charge in [0.1, 0.15) is 12.1 Å². The van der Waals surface area contributed by atoms with Crippen molar-refractivity contribution in [3.8, 4) is 5.75 Å². The van der Waals surface area contributed by atoms with Crippen molar-refractivity contribution in [2.24, 2.45) is 0 Å². The highest BCUT2D eigenvalue weighted by Crippen LogP contribution is 2.24. The molecule has 0 aliphatic rings. The molecule has 3 rings (SSSR count). The van der Waals surface area contributed by atoms with Crippen LogP contribution >= 0.6 is 15.9 Å². The van der Waals surface area contributed by atoms with Crippen molar-refractivity contribution in [1.29, 1.82) is 0 Å². The molecule has 0 radical (unpaired) electrons. The van der Waals surface area contributed by atoms with Gasteiger partial charge in [-0.3, -0.25) is 0 Å². The molecule has 0 N–H and O–H groups in total. The fourth-order valence-corrected chi connectivity index (χ4v) is 2.14. The van der Waals surface area contributed by atoms with Crippen LogP contribution in [0, 0.1) is 0 Å². The molecule has 0 saturated carbocycles. The average molecular weight is 317 g/mol. The molecule has 3 aromatic rings. The van der Waals surface area contributed by atoms with E-state index in [1.807, 2.05) is 36.4 Å². The summed E-state index contributed by atoms with van der Waals surface area (Å²) in [6.45, 7) is 0. The Morgan fingerprint density at radius 1 is 1.11 bits per heavy atom. The van der Waals surface area contributed by atoms with Crippen LogP contribution in [0.3, 0.4) is 0 Å². The van der Waals surface area contributed by atoms with E-state index in [9.17, 15) is 4.79 Å². The molecule has 5 heteroatoms. The van der Waals surface area contributed by atoms with Gasteiger partial charge in [0, 0.05) is 0 Å². The fraction of sp³-hybridized carbons (Fsp3) is 0. The van der Waals surface area contributed by atoms with Crippen molar-refractivity contribution in [3.63, 3.8) is 0 Å². The van der Waals surface area contributed by atoms with E-state index in [1.165, 1.54) is 10.9 Å². The molecule has 0 bridgehead atoms. The summed E-state index contributed by atoms with van der Waals surface area (Å²) in [4.78, 5) is 16.3. The molecule has 0 amide bonds. The number of aromatic nitrogens is 2. The largest absolute Gasteiger partial charge is 0.425 e. The predicted octanol–water partition coefficient (Wildman–Crippen LogP) is 3.85. The average Bonchev–Trinajstić information content (AvgIpc) is 2.85. The molecule has 19 heavy (non-hydrogen) atoms. The summed E-state index contributed by atoms with van der Waals surface area (Å²) in [5.41, 5.74) is 1.48. The molecule has 0 aliphatic carbocycles. The molecule has 2 aromatic carbocycles. The summed E-state index contributed by atoms with van der Waals surface area (Å²) in [5.74, 6) is 0.477. The van der Waals surface area contributed by atoms with Gasteiger partial charge in [0.25, 0.3) is 0 Å². The molecule has 0 unspecified atom stereocenters. The molecule has 0 aliphatic heterocycles. The number of carbonyl (C=O) groups is 1. The zero-order valence-corrected chi connectivity index (χ0v) is 11.4. The minimum absolute atomic E-state index is 0.477. The van der Waals surface area contributed by atoms with Gasteiger partial charge in [-0.2, -0.15) is 0 Å². The number of hydrogen-bond acceptors (Lipinski definition) is 3. The summed E-state index contributed by atoms with van der Waals surface area (Å²) in [5, 5.41) is 0. The summed E-state index contributed by atoms with van der Waals surface area (Å²) < 4.78 is 7.45. The maximum atomic E-state index is 12.1. The number of benzene rings is 2. The SMILES string of the molecule is O=C(Oc1ccccc1Br)n1cnc2ccccc21. The third-order valence-electron chi connectivity index (χ3n) is 2.68. The molecule has 0 saturated heterocycles. The highest BCUT2D eigenvalue weighted by atomic mass is 79.9. The van der Waals surface area contributed by atoms with Gasteiger partial charge < -0.3 is 4.74 Å². The Morgan fingerprint density at radius 3 is 2.68 bits per heavy atom. The monoisotopic (exact) mass is 316 g/mol. The number of ether oxygens (including phenoxy) is 1. The maximum absolute atomic E-state index is 12.1. The van der Waals surface area contributed by atoms with E-state index in [-0.39, 0.29) is 0 Å². The molecular formula is C14H9BrN2O2. The van der Waals surface area contributed by atoms with Crippen LogP contribution in [0.1, 0.15) is 0 Å². The second kappa shape index (κ2) is 4.85. The van der Waals surface area contributed by atoms with Gasteiger partial charge in [0.2, 0.25) is 0 Å². The number of para-hydroxylation sites is 3. The Morgan fingerprint density at radius 2 is 1.84 bits per heavy atom. The van der Waals surface area contributed by atoms with Crippen LogP contribution in [0.25, 0.3) is 11.0 Å². The minimum atomic E-state index is -0.486. The van der Waals surface area contributed by atoms with Crippen LogP contribution in [0.4, 0.5) is 4.79 Å². The Balaban J connectivity index is 1.95. The topological polar surface area (TPSA) is 44.1 Å². The van der Waals surface area contributed by atoms with Crippen molar-refractivity contribution < 1.29 is 9.53 Å². The van der Waals surface area contributed by atoms with Crippen molar-refractivity contribution >= 4 is 33.1 Å². The highest BCUT2D eigenvalue weighted by molar-refractivity contribution is 9.10. The first-order valence-electron chi connectivity index (χ1n) is 5.64. The van der Waals surface area contributed by atoms with E-state index < -0.39 is 6.09 Å². The van der Waals surface area contributed by atoms with Gasteiger partial charge in [0.15, 0.2) is 0 Å². The fourth-order valence-electron chi connectivity index (χ4n) is 1.78. The van der Waals surface area contributed by atoms with Crippen LogP contribution in [-0.4, -0.2) is 15.6 Å². The first-order valence-corrected chi connectivity index (χ1v) is 6.44. The zero-order chi connectivity index (χ0) is 13.2. The summed E-state index contributed by atoms with van der Waals surface area (Å²) in [7, 11) is 0. The Hall–Kier alpha value is -2.14. The van der Waals surface area contributed by atoms with Crippen LogP contribution in [-0.2, 0) is 0 Å². The van der Waals surface area contributed by atoms with E-state index in [4.69, 9.17) is 4.74 Å². The van der Waals surface area contributed by atoms with E-state index >= 15 is 0 Å². The van der Waals surface area contributed by atoms with Gasteiger partial charge in [-0.25, -0.2) is 14.3 Å². The summed E-state index contributed by atoms with van der Waals surface area (Å²) in [6.07, 6.45) is 0.977. The van der Waals surface area contributed by atoms with E-state index in [1.54, 1.807) is 12.1 Å². The normalized spacial score (nSPS) is 10.6. The first-order chi connectivity index (χ1) is 9.25. The molecule has 1 heterocycles. The van der Waals surface area contributed by atoms with Gasteiger partial charge in [-0.1, -0.05) is 24.3 Å². The van der Waals surface area contributed by atoms with Crippen molar-refractivity contribution in [2.75, 3.05) is 0 Å².